The number of hydrogen-bond donors (Lipinski definition) is 2. The van der Waals surface area contributed by atoms with Gasteiger partial charge in [-0.05, 0) is 42.5 Å². The van der Waals surface area contributed by atoms with E-state index < -0.39 is 9.84 Å². The molecule has 1 heterocycles. The maximum Gasteiger partial charge on any atom is 0.227 e. The van der Waals surface area contributed by atoms with E-state index in [1.54, 1.807) is 42.6 Å². The van der Waals surface area contributed by atoms with Gasteiger partial charge in [0, 0.05) is 23.5 Å². The molecular weight excluding hydrogens is 302 g/mol. The molecule has 0 saturated carbocycles. The zero-order valence-electron chi connectivity index (χ0n) is 11.7. The van der Waals surface area contributed by atoms with Crippen molar-refractivity contribution < 1.29 is 13.5 Å². The normalized spacial score (nSPS) is 11.5. The predicted molar refractivity (Wildman–Crippen MR) is 84.0 cm³/mol. The molecule has 3 aromatic rings. The fraction of sp³-hybridized carbons (Fsp3) is 0.0667. The quantitative estimate of drug-likeness (QED) is 0.721. The second kappa shape index (κ2) is 5.27. The van der Waals surface area contributed by atoms with E-state index in [0.29, 0.717) is 16.9 Å². The molecular formula is C15H13N3O3S. The summed E-state index contributed by atoms with van der Waals surface area (Å²) in [5.74, 6) is 0.573. The van der Waals surface area contributed by atoms with E-state index in [9.17, 15) is 13.5 Å². The number of aromatic nitrogens is 2. The third-order valence-electron chi connectivity index (χ3n) is 3.10. The van der Waals surface area contributed by atoms with Gasteiger partial charge in [0.25, 0.3) is 0 Å². The van der Waals surface area contributed by atoms with Crippen LogP contribution in [0.25, 0.3) is 10.9 Å². The number of sulfone groups is 1. The summed E-state index contributed by atoms with van der Waals surface area (Å²) in [5.41, 5.74) is 1.38. The fourth-order valence-corrected chi connectivity index (χ4v) is 2.63. The van der Waals surface area contributed by atoms with Crippen LogP contribution in [0.1, 0.15) is 0 Å². The van der Waals surface area contributed by atoms with Crippen molar-refractivity contribution in [1.82, 2.24) is 9.97 Å². The zero-order chi connectivity index (χ0) is 15.7. The maximum atomic E-state index is 11.5. The number of hydrogen-bond acceptors (Lipinski definition) is 6. The molecule has 0 saturated heterocycles. The molecule has 0 fully saturated rings. The van der Waals surface area contributed by atoms with Crippen molar-refractivity contribution in [2.24, 2.45) is 0 Å². The number of benzene rings is 2. The van der Waals surface area contributed by atoms with E-state index in [-0.39, 0.29) is 10.6 Å². The molecule has 2 N–H and O–H groups in total. The second-order valence-corrected chi connectivity index (χ2v) is 6.87. The van der Waals surface area contributed by atoms with E-state index in [4.69, 9.17) is 0 Å². The lowest BCUT2D eigenvalue weighted by molar-refractivity contribution is 0.475. The Morgan fingerprint density at radius 3 is 2.50 bits per heavy atom. The van der Waals surface area contributed by atoms with E-state index >= 15 is 0 Å². The first-order chi connectivity index (χ1) is 10.4. The minimum absolute atomic E-state index is 0.179. The molecule has 0 aliphatic heterocycles. The molecule has 0 aliphatic rings. The van der Waals surface area contributed by atoms with Crippen LogP contribution >= 0.6 is 0 Å². The van der Waals surface area contributed by atoms with Crippen molar-refractivity contribution in [2.45, 2.75) is 4.90 Å². The van der Waals surface area contributed by atoms with Crippen molar-refractivity contribution in [2.75, 3.05) is 11.6 Å². The van der Waals surface area contributed by atoms with Gasteiger partial charge in [0.05, 0.1) is 10.4 Å². The van der Waals surface area contributed by atoms with Crippen molar-refractivity contribution in [3.05, 3.63) is 48.7 Å². The average Bonchev–Trinajstić information content (AvgIpc) is 2.48. The van der Waals surface area contributed by atoms with Crippen LogP contribution in [0, 0.1) is 0 Å². The minimum Gasteiger partial charge on any atom is -0.508 e. The van der Waals surface area contributed by atoms with Gasteiger partial charge in [-0.15, -0.1) is 0 Å². The molecule has 3 rings (SSSR count). The third-order valence-corrected chi connectivity index (χ3v) is 4.21. The number of rotatable bonds is 3. The van der Waals surface area contributed by atoms with Gasteiger partial charge in [0.1, 0.15) is 5.75 Å². The van der Waals surface area contributed by atoms with Gasteiger partial charge >= 0.3 is 0 Å². The number of nitrogens with one attached hydrogen (secondary N) is 1. The van der Waals surface area contributed by atoms with Gasteiger partial charge in [-0.1, -0.05) is 0 Å². The van der Waals surface area contributed by atoms with Gasteiger partial charge < -0.3 is 10.4 Å². The van der Waals surface area contributed by atoms with Crippen molar-refractivity contribution in [1.29, 1.82) is 0 Å². The number of fused-ring (bicyclic) bond motifs is 1. The molecule has 0 aliphatic carbocycles. The molecule has 0 spiro atoms. The Kier molecular flexibility index (Phi) is 3.42. The first kappa shape index (κ1) is 14.3. The van der Waals surface area contributed by atoms with Crippen LogP contribution in [0.4, 0.5) is 11.6 Å². The highest BCUT2D eigenvalue weighted by molar-refractivity contribution is 7.90. The Labute approximate surface area is 127 Å². The summed E-state index contributed by atoms with van der Waals surface area (Å²) >= 11 is 0. The van der Waals surface area contributed by atoms with Crippen molar-refractivity contribution >= 4 is 32.4 Å². The Balaban J connectivity index is 1.95. The number of nitrogens with zero attached hydrogens (tertiary/aromatic N) is 2. The van der Waals surface area contributed by atoms with E-state index in [2.05, 4.69) is 15.3 Å². The van der Waals surface area contributed by atoms with Crippen LogP contribution in [0.15, 0.2) is 53.6 Å². The van der Waals surface area contributed by atoms with E-state index in [1.165, 1.54) is 6.07 Å². The molecule has 0 unspecified atom stereocenters. The smallest absolute Gasteiger partial charge is 0.227 e. The topological polar surface area (TPSA) is 92.2 Å². The zero-order valence-corrected chi connectivity index (χ0v) is 12.5. The summed E-state index contributed by atoms with van der Waals surface area (Å²) in [6, 6.07) is 11.2. The van der Waals surface area contributed by atoms with Crippen molar-refractivity contribution in [3.63, 3.8) is 0 Å². The number of aromatic hydroxyl groups is 1. The van der Waals surface area contributed by atoms with Gasteiger partial charge in [0.2, 0.25) is 5.95 Å². The number of anilines is 2. The Hall–Kier alpha value is -2.67. The average molecular weight is 315 g/mol. The van der Waals surface area contributed by atoms with Crippen LogP contribution in [0.5, 0.6) is 5.75 Å². The summed E-state index contributed by atoms with van der Waals surface area (Å²) < 4.78 is 23.1. The lowest BCUT2D eigenvalue weighted by atomic mass is 10.2. The summed E-state index contributed by atoms with van der Waals surface area (Å²) in [6.07, 6.45) is 2.73. The molecule has 112 valence electrons. The van der Waals surface area contributed by atoms with Crippen molar-refractivity contribution in [3.8, 4) is 5.75 Å². The Morgan fingerprint density at radius 2 is 1.82 bits per heavy atom. The first-order valence-electron chi connectivity index (χ1n) is 6.45. The van der Waals surface area contributed by atoms with Gasteiger partial charge in [0.15, 0.2) is 9.84 Å². The van der Waals surface area contributed by atoms with Crippen LogP contribution in [-0.2, 0) is 9.84 Å². The standard InChI is InChI=1S/C15H13N3O3S/c1-22(20,21)13-6-7-14-10(8-13)9-16-15(18-14)17-11-2-4-12(19)5-3-11/h2-9,19H,1H3,(H,16,17,18). The van der Waals surface area contributed by atoms with E-state index in [1.807, 2.05) is 0 Å². The lowest BCUT2D eigenvalue weighted by Crippen LogP contribution is -1.99. The van der Waals surface area contributed by atoms with Crippen LogP contribution in [0.3, 0.4) is 0 Å². The van der Waals surface area contributed by atoms with Crippen LogP contribution in [0.2, 0.25) is 0 Å². The molecule has 2 aromatic carbocycles. The number of phenolic OH excluding ortho intramolecular Hbond substituents is 1. The minimum atomic E-state index is -3.25. The highest BCUT2D eigenvalue weighted by Gasteiger charge is 2.09. The number of phenols is 1. The molecule has 1 aromatic heterocycles. The highest BCUT2D eigenvalue weighted by atomic mass is 32.2. The first-order valence-corrected chi connectivity index (χ1v) is 8.34. The molecule has 22 heavy (non-hydrogen) atoms. The largest absolute Gasteiger partial charge is 0.508 e. The maximum absolute atomic E-state index is 11.5. The monoisotopic (exact) mass is 315 g/mol. The highest BCUT2D eigenvalue weighted by Crippen LogP contribution is 2.21. The molecule has 0 atom stereocenters. The molecule has 0 amide bonds. The SMILES string of the molecule is CS(=O)(=O)c1ccc2nc(Nc3ccc(O)cc3)ncc2c1. The summed E-state index contributed by atoms with van der Waals surface area (Å²) in [6.45, 7) is 0. The Bertz CT molecular complexity index is 938. The van der Waals surface area contributed by atoms with Gasteiger partial charge in [-0.2, -0.15) is 0 Å². The molecule has 0 bridgehead atoms. The molecule has 7 heteroatoms. The predicted octanol–water partition coefficient (Wildman–Crippen LogP) is 2.48. The Morgan fingerprint density at radius 1 is 1.09 bits per heavy atom. The second-order valence-electron chi connectivity index (χ2n) is 4.86. The van der Waals surface area contributed by atoms with Gasteiger partial charge in [-0.3, -0.25) is 0 Å². The molecule has 0 radical (unpaired) electrons. The van der Waals surface area contributed by atoms with Crippen LogP contribution < -0.4 is 5.32 Å². The summed E-state index contributed by atoms with van der Waals surface area (Å²) in [7, 11) is -3.25. The third kappa shape index (κ3) is 2.99. The fourth-order valence-electron chi connectivity index (χ4n) is 1.98. The van der Waals surface area contributed by atoms with Gasteiger partial charge in [-0.25, -0.2) is 18.4 Å². The van der Waals surface area contributed by atoms with E-state index in [0.717, 1.165) is 11.9 Å². The van der Waals surface area contributed by atoms with Crippen LogP contribution in [-0.4, -0.2) is 29.7 Å². The summed E-state index contributed by atoms with van der Waals surface area (Å²) in [5, 5.41) is 12.9. The molecule has 6 nitrogen and oxygen atoms in total. The summed E-state index contributed by atoms with van der Waals surface area (Å²) in [4.78, 5) is 8.74. The lowest BCUT2D eigenvalue weighted by Gasteiger charge is -2.06.